The monoisotopic (exact) mass is 317 g/mol. The molecule has 0 unspecified atom stereocenters. The number of rotatable bonds is 3. The van der Waals surface area contributed by atoms with Gasteiger partial charge >= 0.3 is 0 Å². The lowest BCUT2D eigenvalue weighted by atomic mass is 9.81. The van der Waals surface area contributed by atoms with E-state index in [0.29, 0.717) is 12.1 Å². The summed E-state index contributed by atoms with van der Waals surface area (Å²) in [6.45, 7) is 0. The van der Waals surface area contributed by atoms with Crippen molar-refractivity contribution < 1.29 is 14.4 Å². The minimum Gasteiger partial charge on any atom is -0.298 e. The largest absolute Gasteiger partial charge is 0.298 e. The average molecular weight is 318 g/mol. The molecule has 1 aliphatic carbocycles. The lowest BCUT2D eigenvalue weighted by molar-refractivity contribution is -0.133. The summed E-state index contributed by atoms with van der Waals surface area (Å²) in [4.78, 5) is 40.1. The van der Waals surface area contributed by atoms with Crippen LogP contribution in [-0.4, -0.2) is 32.1 Å². The molecule has 112 valence electrons. The molecule has 1 heterocycles. The molecule has 0 amide bonds. The zero-order valence-electron chi connectivity index (χ0n) is 11.5. The zero-order valence-corrected chi connectivity index (χ0v) is 12.3. The van der Waals surface area contributed by atoms with E-state index in [0.717, 1.165) is 0 Å². The maximum absolute atomic E-state index is 12.5. The Labute approximate surface area is 131 Å². The van der Waals surface area contributed by atoms with Crippen molar-refractivity contribution in [2.45, 2.75) is 19.3 Å². The van der Waals surface area contributed by atoms with Gasteiger partial charge in [-0.25, -0.2) is 9.67 Å². The Kier molecular flexibility index (Phi) is 3.85. The molecule has 0 aliphatic heterocycles. The van der Waals surface area contributed by atoms with Crippen molar-refractivity contribution in [3.63, 3.8) is 0 Å². The van der Waals surface area contributed by atoms with E-state index in [1.165, 1.54) is 23.4 Å². The third kappa shape index (κ3) is 2.57. The van der Waals surface area contributed by atoms with Crippen LogP contribution >= 0.6 is 11.6 Å². The van der Waals surface area contributed by atoms with Crippen molar-refractivity contribution in [1.82, 2.24) is 14.8 Å². The molecular weight excluding hydrogens is 306 g/mol. The summed E-state index contributed by atoms with van der Waals surface area (Å²) in [5.41, 5.74) is 0.819. The lowest BCUT2D eigenvalue weighted by Crippen LogP contribution is -2.35. The van der Waals surface area contributed by atoms with E-state index in [9.17, 15) is 14.4 Å². The number of ketones is 3. The fraction of sp³-hybridized carbons (Fsp3) is 0.267. The molecule has 1 aromatic carbocycles. The van der Waals surface area contributed by atoms with Gasteiger partial charge in [-0.05, 0) is 24.6 Å². The smallest absolute Gasteiger partial charge is 0.182 e. The second-order valence-corrected chi connectivity index (χ2v) is 5.49. The van der Waals surface area contributed by atoms with E-state index in [1.807, 2.05) is 0 Å². The van der Waals surface area contributed by atoms with Crippen LogP contribution in [0, 0.1) is 5.92 Å². The maximum atomic E-state index is 12.5. The first-order chi connectivity index (χ1) is 10.6. The van der Waals surface area contributed by atoms with Crippen LogP contribution in [0.25, 0.3) is 5.69 Å². The van der Waals surface area contributed by atoms with Crippen molar-refractivity contribution in [3.8, 4) is 5.69 Å². The Hall–Kier alpha value is -2.34. The van der Waals surface area contributed by atoms with E-state index >= 15 is 0 Å². The van der Waals surface area contributed by atoms with Gasteiger partial charge in [0.05, 0.1) is 10.7 Å². The highest BCUT2D eigenvalue weighted by atomic mass is 35.5. The lowest BCUT2D eigenvalue weighted by Gasteiger charge is -2.18. The molecule has 0 N–H and O–H groups in total. The molecule has 0 bridgehead atoms. The van der Waals surface area contributed by atoms with Gasteiger partial charge in [0.2, 0.25) is 0 Å². The van der Waals surface area contributed by atoms with Gasteiger partial charge in [0.15, 0.2) is 17.3 Å². The van der Waals surface area contributed by atoms with Gasteiger partial charge in [0, 0.05) is 18.4 Å². The first kappa shape index (κ1) is 14.6. The molecule has 3 rings (SSSR count). The van der Waals surface area contributed by atoms with Gasteiger partial charge in [-0.3, -0.25) is 14.4 Å². The molecule has 1 saturated carbocycles. The number of hydrogen-bond acceptors (Lipinski definition) is 5. The van der Waals surface area contributed by atoms with Gasteiger partial charge in [0.1, 0.15) is 18.6 Å². The van der Waals surface area contributed by atoms with Crippen LogP contribution in [-0.2, 0) is 9.59 Å². The van der Waals surface area contributed by atoms with E-state index in [4.69, 9.17) is 11.6 Å². The Bertz CT molecular complexity index is 739. The summed E-state index contributed by atoms with van der Waals surface area (Å²) >= 11 is 6.15. The van der Waals surface area contributed by atoms with Crippen LogP contribution in [0.5, 0.6) is 0 Å². The highest BCUT2D eigenvalue weighted by molar-refractivity contribution is 6.36. The summed E-state index contributed by atoms with van der Waals surface area (Å²) < 4.78 is 1.50. The van der Waals surface area contributed by atoms with Crippen LogP contribution < -0.4 is 0 Å². The standard InChI is InChI=1S/C15H12ClN3O3/c16-11-6-9(19-8-17-7-18-19)4-5-10(11)15(22)14-12(20)2-1-3-13(14)21/h4-8,14H,1-3H2. The van der Waals surface area contributed by atoms with Crippen LogP contribution in [0.3, 0.4) is 0 Å². The Morgan fingerprint density at radius 1 is 1.23 bits per heavy atom. The Morgan fingerprint density at radius 3 is 2.55 bits per heavy atom. The van der Waals surface area contributed by atoms with Crippen molar-refractivity contribution in [3.05, 3.63) is 41.4 Å². The molecular formula is C15H12ClN3O3. The second-order valence-electron chi connectivity index (χ2n) is 5.09. The van der Waals surface area contributed by atoms with E-state index in [1.54, 1.807) is 12.1 Å². The Balaban J connectivity index is 1.93. The van der Waals surface area contributed by atoms with Gasteiger partial charge < -0.3 is 0 Å². The number of Topliss-reactive ketones (excluding diaryl/α,β-unsaturated/α-hetero) is 3. The summed E-state index contributed by atoms with van der Waals surface area (Å²) in [5, 5.41) is 4.15. The molecule has 6 nitrogen and oxygen atoms in total. The molecule has 0 saturated heterocycles. The third-order valence-corrected chi connectivity index (χ3v) is 3.97. The Morgan fingerprint density at radius 2 is 1.95 bits per heavy atom. The molecule has 1 fully saturated rings. The van der Waals surface area contributed by atoms with Crippen molar-refractivity contribution in [2.75, 3.05) is 0 Å². The number of halogens is 1. The predicted molar refractivity (Wildman–Crippen MR) is 78.1 cm³/mol. The summed E-state index contributed by atoms with van der Waals surface area (Å²) in [6, 6.07) is 4.71. The van der Waals surface area contributed by atoms with Crippen molar-refractivity contribution in [2.24, 2.45) is 5.92 Å². The number of aromatic nitrogens is 3. The molecule has 7 heteroatoms. The molecule has 0 atom stereocenters. The van der Waals surface area contributed by atoms with E-state index < -0.39 is 11.7 Å². The van der Waals surface area contributed by atoms with Crippen LogP contribution in [0.2, 0.25) is 5.02 Å². The normalized spacial score (nSPS) is 16.0. The van der Waals surface area contributed by atoms with Gasteiger partial charge in [0.25, 0.3) is 0 Å². The van der Waals surface area contributed by atoms with E-state index in [2.05, 4.69) is 10.1 Å². The van der Waals surface area contributed by atoms with Gasteiger partial charge in [-0.2, -0.15) is 5.10 Å². The number of carbonyl (C=O) groups excluding carboxylic acids is 3. The first-order valence-electron chi connectivity index (χ1n) is 6.82. The average Bonchev–Trinajstić information content (AvgIpc) is 3.01. The molecule has 0 radical (unpaired) electrons. The molecule has 1 aromatic heterocycles. The number of carbonyl (C=O) groups is 3. The fourth-order valence-electron chi connectivity index (χ4n) is 2.54. The number of hydrogen-bond donors (Lipinski definition) is 0. The highest BCUT2D eigenvalue weighted by Gasteiger charge is 2.37. The number of benzene rings is 1. The second kappa shape index (κ2) is 5.81. The quantitative estimate of drug-likeness (QED) is 0.639. The zero-order chi connectivity index (χ0) is 15.7. The van der Waals surface area contributed by atoms with E-state index in [-0.39, 0.29) is 35.0 Å². The van der Waals surface area contributed by atoms with Crippen molar-refractivity contribution in [1.29, 1.82) is 0 Å². The number of nitrogens with zero attached hydrogens (tertiary/aromatic N) is 3. The molecule has 22 heavy (non-hydrogen) atoms. The summed E-state index contributed by atoms with van der Waals surface area (Å²) in [6.07, 6.45) is 3.92. The van der Waals surface area contributed by atoms with Crippen molar-refractivity contribution >= 4 is 29.0 Å². The molecule has 0 spiro atoms. The highest BCUT2D eigenvalue weighted by Crippen LogP contribution is 2.26. The SMILES string of the molecule is O=C1CCCC(=O)C1C(=O)c1ccc(-n2cncn2)cc1Cl. The van der Waals surface area contributed by atoms with Crippen LogP contribution in [0.15, 0.2) is 30.9 Å². The van der Waals surface area contributed by atoms with Crippen LogP contribution in [0.4, 0.5) is 0 Å². The molecule has 2 aromatic rings. The third-order valence-electron chi connectivity index (χ3n) is 3.65. The predicted octanol–water partition coefficient (Wildman–Crippen LogP) is 2.04. The van der Waals surface area contributed by atoms with Gasteiger partial charge in [-0.1, -0.05) is 11.6 Å². The minimum atomic E-state index is -1.21. The maximum Gasteiger partial charge on any atom is 0.182 e. The minimum absolute atomic E-state index is 0.180. The molecule has 1 aliphatic rings. The van der Waals surface area contributed by atoms with Gasteiger partial charge in [-0.15, -0.1) is 0 Å². The first-order valence-corrected chi connectivity index (χ1v) is 7.20. The summed E-state index contributed by atoms with van der Waals surface area (Å²) in [7, 11) is 0. The topological polar surface area (TPSA) is 81.9 Å². The summed E-state index contributed by atoms with van der Waals surface area (Å²) in [5.74, 6) is -2.37. The fourth-order valence-corrected chi connectivity index (χ4v) is 2.81. The van der Waals surface area contributed by atoms with Crippen LogP contribution in [0.1, 0.15) is 29.6 Å².